The van der Waals surface area contributed by atoms with Gasteiger partial charge in [0.05, 0.1) is 0 Å². The van der Waals surface area contributed by atoms with Crippen LogP contribution in [-0.4, -0.2) is 17.7 Å². The monoisotopic (exact) mass is 386 g/mol. The van der Waals surface area contributed by atoms with Gasteiger partial charge in [0.15, 0.2) is 17.1 Å². The highest BCUT2D eigenvalue weighted by atomic mass is 16.7. The van der Waals surface area contributed by atoms with E-state index in [1.807, 2.05) is 61.5 Å². The Morgan fingerprint density at radius 3 is 2.76 bits per heavy atom. The van der Waals surface area contributed by atoms with Gasteiger partial charge in [0.25, 0.3) is 0 Å². The number of carbonyl (C=O) groups is 1. The van der Waals surface area contributed by atoms with E-state index in [4.69, 9.17) is 13.9 Å². The molecule has 3 aromatic carbocycles. The topological polar surface area (TPSA) is 73.6 Å². The van der Waals surface area contributed by atoms with Gasteiger partial charge >= 0.3 is 0 Å². The van der Waals surface area contributed by atoms with Crippen LogP contribution in [0.25, 0.3) is 33.7 Å². The summed E-state index contributed by atoms with van der Waals surface area (Å²) in [4.78, 5) is 16.5. The van der Waals surface area contributed by atoms with Crippen LogP contribution in [0.3, 0.4) is 0 Å². The van der Waals surface area contributed by atoms with Crippen molar-refractivity contribution in [2.24, 2.45) is 0 Å². The molecular formula is C23H18N2O4. The minimum Gasteiger partial charge on any atom is -0.454 e. The Labute approximate surface area is 167 Å². The predicted octanol–water partition coefficient (Wildman–Crippen LogP) is 5.16. The number of benzene rings is 3. The van der Waals surface area contributed by atoms with Crippen LogP contribution >= 0.6 is 0 Å². The first-order valence-corrected chi connectivity index (χ1v) is 9.27. The minimum absolute atomic E-state index is 0.155. The SMILES string of the molecule is CC(=O)Nc1cccc(-c2nc3cc(C)ccc3o2)c1-c1ccc2c(c1)OCO2. The van der Waals surface area contributed by atoms with Gasteiger partial charge < -0.3 is 19.2 Å². The Balaban J connectivity index is 1.73. The highest BCUT2D eigenvalue weighted by molar-refractivity contribution is 5.99. The number of hydrogen-bond donors (Lipinski definition) is 1. The van der Waals surface area contributed by atoms with Crippen LogP contribution in [0.1, 0.15) is 12.5 Å². The van der Waals surface area contributed by atoms with Crippen LogP contribution in [0.15, 0.2) is 59.0 Å². The van der Waals surface area contributed by atoms with Crippen LogP contribution in [-0.2, 0) is 4.79 Å². The van der Waals surface area contributed by atoms with E-state index in [0.29, 0.717) is 28.7 Å². The van der Waals surface area contributed by atoms with Crippen molar-refractivity contribution < 1.29 is 18.7 Å². The maximum atomic E-state index is 11.8. The molecule has 0 unspecified atom stereocenters. The Morgan fingerprint density at radius 2 is 1.90 bits per heavy atom. The van der Waals surface area contributed by atoms with Crippen molar-refractivity contribution >= 4 is 22.7 Å². The first-order valence-electron chi connectivity index (χ1n) is 9.27. The van der Waals surface area contributed by atoms with E-state index in [2.05, 4.69) is 10.3 Å². The van der Waals surface area contributed by atoms with E-state index in [-0.39, 0.29) is 12.7 Å². The quantitative estimate of drug-likeness (QED) is 0.527. The number of hydrogen-bond acceptors (Lipinski definition) is 5. The molecule has 1 aromatic heterocycles. The molecule has 0 aliphatic carbocycles. The van der Waals surface area contributed by atoms with E-state index >= 15 is 0 Å². The van der Waals surface area contributed by atoms with Gasteiger partial charge in [-0.25, -0.2) is 4.98 Å². The summed E-state index contributed by atoms with van der Waals surface area (Å²) in [6.07, 6.45) is 0. The number of nitrogens with one attached hydrogen (secondary N) is 1. The second-order valence-corrected chi connectivity index (χ2v) is 6.97. The zero-order valence-electron chi connectivity index (χ0n) is 16.0. The smallest absolute Gasteiger partial charge is 0.231 e. The molecule has 144 valence electrons. The third-order valence-corrected chi connectivity index (χ3v) is 4.81. The highest BCUT2D eigenvalue weighted by Gasteiger charge is 2.21. The summed E-state index contributed by atoms with van der Waals surface area (Å²) >= 11 is 0. The van der Waals surface area contributed by atoms with Crippen molar-refractivity contribution in [3.05, 3.63) is 60.2 Å². The molecule has 0 saturated carbocycles. The highest BCUT2D eigenvalue weighted by Crippen LogP contribution is 2.42. The Morgan fingerprint density at radius 1 is 1.03 bits per heavy atom. The molecule has 0 spiro atoms. The first kappa shape index (κ1) is 17.3. The lowest BCUT2D eigenvalue weighted by molar-refractivity contribution is -0.114. The predicted molar refractivity (Wildman–Crippen MR) is 110 cm³/mol. The maximum Gasteiger partial charge on any atom is 0.231 e. The zero-order valence-corrected chi connectivity index (χ0v) is 16.0. The molecule has 5 rings (SSSR count). The summed E-state index contributed by atoms with van der Waals surface area (Å²) in [7, 11) is 0. The van der Waals surface area contributed by atoms with Crippen molar-refractivity contribution in [3.63, 3.8) is 0 Å². The van der Waals surface area contributed by atoms with Crippen molar-refractivity contribution in [1.82, 2.24) is 4.98 Å². The second-order valence-electron chi connectivity index (χ2n) is 6.97. The molecule has 2 heterocycles. The number of fused-ring (bicyclic) bond motifs is 2. The Kier molecular flexibility index (Phi) is 3.98. The molecule has 1 N–H and O–H groups in total. The lowest BCUT2D eigenvalue weighted by atomic mass is 9.97. The van der Waals surface area contributed by atoms with Gasteiger partial charge in [-0.3, -0.25) is 4.79 Å². The average Bonchev–Trinajstić information content (AvgIpc) is 3.33. The normalized spacial score (nSPS) is 12.3. The van der Waals surface area contributed by atoms with E-state index in [9.17, 15) is 4.79 Å². The van der Waals surface area contributed by atoms with Gasteiger partial charge in [-0.15, -0.1) is 0 Å². The molecule has 0 saturated heterocycles. The van der Waals surface area contributed by atoms with Gasteiger partial charge in [-0.05, 0) is 54.4 Å². The van der Waals surface area contributed by atoms with Crippen LogP contribution in [0.5, 0.6) is 11.5 Å². The van der Waals surface area contributed by atoms with Crippen LogP contribution in [0.4, 0.5) is 5.69 Å². The number of aromatic nitrogens is 1. The molecule has 0 bridgehead atoms. The lowest BCUT2D eigenvalue weighted by Gasteiger charge is -2.14. The van der Waals surface area contributed by atoms with Crippen molar-refractivity contribution in [3.8, 4) is 34.1 Å². The van der Waals surface area contributed by atoms with E-state index in [1.54, 1.807) is 0 Å². The summed E-state index contributed by atoms with van der Waals surface area (Å²) < 4.78 is 17.0. The molecule has 0 radical (unpaired) electrons. The minimum atomic E-state index is -0.155. The molecule has 1 aliphatic rings. The third-order valence-electron chi connectivity index (χ3n) is 4.81. The number of anilines is 1. The fraction of sp³-hybridized carbons (Fsp3) is 0.130. The number of oxazole rings is 1. The first-order chi connectivity index (χ1) is 14.1. The second kappa shape index (κ2) is 6.67. The summed E-state index contributed by atoms with van der Waals surface area (Å²) in [5.74, 6) is 1.70. The van der Waals surface area contributed by atoms with Crippen molar-refractivity contribution in [2.45, 2.75) is 13.8 Å². The summed E-state index contributed by atoms with van der Waals surface area (Å²) in [6, 6.07) is 17.3. The standard InChI is InChI=1S/C23H18N2O4/c1-13-6-8-19-18(10-13)25-23(29-19)16-4-3-5-17(24-14(2)26)22(16)15-7-9-20-21(11-15)28-12-27-20/h3-11H,12H2,1-2H3,(H,24,26). The van der Waals surface area contributed by atoms with Crippen molar-refractivity contribution in [1.29, 1.82) is 0 Å². The van der Waals surface area contributed by atoms with Gasteiger partial charge in [0.1, 0.15) is 5.52 Å². The lowest BCUT2D eigenvalue weighted by Crippen LogP contribution is -2.07. The Bertz CT molecular complexity index is 1260. The Hall–Kier alpha value is -3.80. The number of carbonyl (C=O) groups excluding carboxylic acids is 1. The maximum absolute atomic E-state index is 11.8. The van der Waals surface area contributed by atoms with E-state index in [0.717, 1.165) is 27.8 Å². The number of ether oxygens (including phenoxy) is 2. The number of amides is 1. The molecule has 1 amide bonds. The molecular weight excluding hydrogens is 368 g/mol. The van der Waals surface area contributed by atoms with Crippen molar-refractivity contribution in [2.75, 3.05) is 12.1 Å². The molecule has 6 heteroatoms. The summed E-state index contributed by atoms with van der Waals surface area (Å²) in [5, 5.41) is 2.91. The van der Waals surface area contributed by atoms with Crippen LogP contribution in [0, 0.1) is 6.92 Å². The fourth-order valence-electron chi connectivity index (χ4n) is 3.54. The van der Waals surface area contributed by atoms with Crippen LogP contribution < -0.4 is 14.8 Å². The number of aryl methyl sites for hydroxylation is 1. The van der Waals surface area contributed by atoms with Gasteiger partial charge in [0, 0.05) is 23.7 Å². The average molecular weight is 386 g/mol. The van der Waals surface area contributed by atoms with Gasteiger partial charge in [-0.1, -0.05) is 18.2 Å². The van der Waals surface area contributed by atoms with E-state index in [1.165, 1.54) is 6.92 Å². The summed E-state index contributed by atoms with van der Waals surface area (Å²) in [5.41, 5.74) is 5.75. The molecule has 0 atom stereocenters. The third kappa shape index (κ3) is 3.08. The van der Waals surface area contributed by atoms with Gasteiger partial charge in [0.2, 0.25) is 18.6 Å². The van der Waals surface area contributed by atoms with Gasteiger partial charge in [-0.2, -0.15) is 0 Å². The molecule has 29 heavy (non-hydrogen) atoms. The molecule has 6 nitrogen and oxygen atoms in total. The summed E-state index contributed by atoms with van der Waals surface area (Å²) in [6.45, 7) is 3.70. The number of nitrogens with zero attached hydrogens (tertiary/aromatic N) is 1. The molecule has 4 aromatic rings. The zero-order chi connectivity index (χ0) is 20.0. The van der Waals surface area contributed by atoms with Crippen LogP contribution in [0.2, 0.25) is 0 Å². The molecule has 0 fully saturated rings. The largest absolute Gasteiger partial charge is 0.454 e. The molecule has 1 aliphatic heterocycles. The number of rotatable bonds is 3. The van der Waals surface area contributed by atoms with E-state index < -0.39 is 0 Å². The fourth-order valence-corrected chi connectivity index (χ4v) is 3.54.